The van der Waals surface area contributed by atoms with Crippen LogP contribution in [0.2, 0.25) is 0 Å². The van der Waals surface area contributed by atoms with Crippen LogP contribution in [-0.4, -0.2) is 102 Å². The first kappa shape index (κ1) is 27.4. The van der Waals surface area contributed by atoms with Crippen molar-refractivity contribution in [1.29, 1.82) is 5.26 Å². The van der Waals surface area contributed by atoms with Gasteiger partial charge in [-0.15, -0.1) is 0 Å². The SMILES string of the molecule is CN1CC2(C1)CN(C(=O)CCC(=O)Nc1cccc3c(C(=O)NCC(=O)N4CC(F)(F)CC4C#N)ccnc13)C2. The summed E-state index contributed by atoms with van der Waals surface area (Å²) in [5, 5.41) is 14.7. The van der Waals surface area contributed by atoms with Crippen molar-refractivity contribution in [2.75, 3.05) is 51.6 Å². The zero-order valence-corrected chi connectivity index (χ0v) is 22.0. The molecule has 4 heterocycles. The van der Waals surface area contributed by atoms with E-state index in [1.54, 1.807) is 29.2 Å². The van der Waals surface area contributed by atoms with E-state index in [1.807, 2.05) is 7.05 Å². The zero-order chi connectivity index (χ0) is 28.7. The summed E-state index contributed by atoms with van der Waals surface area (Å²) in [7, 11) is 2.05. The minimum absolute atomic E-state index is 0.000148. The largest absolute Gasteiger partial charge is 0.343 e. The molecule has 210 valence electrons. The number of fused-ring (bicyclic) bond motifs is 1. The van der Waals surface area contributed by atoms with Gasteiger partial charge in [-0.3, -0.25) is 24.2 Å². The van der Waals surface area contributed by atoms with E-state index >= 15 is 0 Å². The number of carbonyl (C=O) groups excluding carboxylic acids is 4. The van der Waals surface area contributed by atoms with E-state index in [0.717, 1.165) is 31.1 Å². The number of nitriles is 1. The molecule has 1 spiro atoms. The van der Waals surface area contributed by atoms with Crippen molar-refractivity contribution in [3.8, 4) is 6.07 Å². The first-order chi connectivity index (χ1) is 19.0. The molecule has 3 aliphatic heterocycles. The number of likely N-dealkylation sites (tertiary alicyclic amines) is 3. The summed E-state index contributed by atoms with van der Waals surface area (Å²) >= 11 is 0. The van der Waals surface area contributed by atoms with Gasteiger partial charge in [-0.25, -0.2) is 8.78 Å². The summed E-state index contributed by atoms with van der Waals surface area (Å²) in [6.45, 7) is 2.00. The van der Waals surface area contributed by atoms with Gasteiger partial charge in [0.05, 0.1) is 35.9 Å². The van der Waals surface area contributed by atoms with Gasteiger partial charge >= 0.3 is 0 Å². The van der Waals surface area contributed by atoms with Gasteiger partial charge in [0.2, 0.25) is 17.7 Å². The number of anilines is 1. The Hall–Kier alpha value is -4.18. The van der Waals surface area contributed by atoms with Crippen molar-refractivity contribution >= 4 is 40.2 Å². The van der Waals surface area contributed by atoms with Gasteiger partial charge in [-0.1, -0.05) is 12.1 Å². The molecule has 0 aliphatic carbocycles. The number of benzene rings is 1. The van der Waals surface area contributed by atoms with Gasteiger partial charge < -0.3 is 25.3 Å². The standard InChI is InChI=1S/C27H29F2N7O4/c1-34-12-26(13-34)14-35(15-26)22(38)6-5-21(37)33-20-4-2-3-18-19(7-8-31-24(18)20)25(40)32-11-23(39)36-16-27(28,29)9-17(36)10-30/h2-4,7-8,17H,5-6,9,11-16H2,1H3,(H,32,40)(H,33,37). The van der Waals surface area contributed by atoms with Crippen molar-refractivity contribution in [1.82, 2.24) is 25.0 Å². The molecule has 1 aromatic heterocycles. The Balaban J connectivity index is 1.17. The van der Waals surface area contributed by atoms with Crippen molar-refractivity contribution < 1.29 is 28.0 Å². The van der Waals surface area contributed by atoms with E-state index in [4.69, 9.17) is 5.26 Å². The lowest BCUT2D eigenvalue weighted by atomic mass is 9.73. The number of pyridine rings is 1. The highest BCUT2D eigenvalue weighted by Gasteiger charge is 2.51. The summed E-state index contributed by atoms with van der Waals surface area (Å²) in [6.07, 6.45) is 0.730. The first-order valence-corrected chi connectivity index (χ1v) is 13.0. The number of nitrogens with one attached hydrogen (secondary N) is 2. The molecule has 40 heavy (non-hydrogen) atoms. The molecule has 0 radical (unpaired) electrons. The molecule has 3 saturated heterocycles. The van der Waals surface area contributed by atoms with E-state index in [9.17, 15) is 28.0 Å². The Bertz CT molecular complexity index is 1410. The zero-order valence-electron chi connectivity index (χ0n) is 22.0. The number of aromatic nitrogens is 1. The van der Waals surface area contributed by atoms with Gasteiger partial charge in [-0.05, 0) is 19.2 Å². The van der Waals surface area contributed by atoms with Gasteiger partial charge in [0, 0.05) is 62.4 Å². The van der Waals surface area contributed by atoms with Crippen LogP contribution in [0.15, 0.2) is 30.5 Å². The lowest BCUT2D eigenvalue weighted by Gasteiger charge is -2.59. The maximum atomic E-state index is 13.7. The molecule has 0 saturated carbocycles. The van der Waals surface area contributed by atoms with Crippen molar-refractivity contribution in [3.63, 3.8) is 0 Å². The van der Waals surface area contributed by atoms with Crippen LogP contribution in [0.3, 0.4) is 0 Å². The number of hydrogen-bond donors (Lipinski definition) is 2. The molecule has 3 aliphatic rings. The number of hydrogen-bond acceptors (Lipinski definition) is 7. The van der Waals surface area contributed by atoms with E-state index < -0.39 is 43.3 Å². The summed E-state index contributed by atoms with van der Waals surface area (Å²) in [5.74, 6) is -5.00. The molecule has 1 aromatic carbocycles. The number of amides is 4. The Kier molecular flexibility index (Phi) is 7.14. The molecule has 1 atom stereocenters. The summed E-state index contributed by atoms with van der Waals surface area (Å²) in [4.78, 5) is 59.5. The van der Waals surface area contributed by atoms with Gasteiger partial charge in [-0.2, -0.15) is 5.26 Å². The average molecular weight is 554 g/mol. The molecular formula is C27H29F2N7O4. The van der Waals surface area contributed by atoms with Crippen LogP contribution in [0.1, 0.15) is 29.6 Å². The number of carbonyl (C=O) groups is 4. The predicted octanol–water partition coefficient (Wildman–Crippen LogP) is 1.22. The lowest BCUT2D eigenvalue weighted by molar-refractivity contribution is -0.157. The lowest BCUT2D eigenvalue weighted by Crippen LogP contribution is -2.72. The van der Waals surface area contributed by atoms with Crippen LogP contribution < -0.4 is 10.6 Å². The monoisotopic (exact) mass is 553 g/mol. The maximum Gasteiger partial charge on any atom is 0.268 e. The smallest absolute Gasteiger partial charge is 0.268 e. The second kappa shape index (κ2) is 10.4. The average Bonchev–Trinajstić information content (AvgIpc) is 3.21. The number of para-hydroxylation sites is 1. The molecule has 4 amide bonds. The number of halogens is 2. The third kappa shape index (κ3) is 5.44. The minimum Gasteiger partial charge on any atom is -0.343 e. The van der Waals surface area contributed by atoms with Crippen molar-refractivity contribution in [3.05, 3.63) is 36.0 Å². The third-order valence-electron chi connectivity index (χ3n) is 7.61. The first-order valence-electron chi connectivity index (χ1n) is 13.0. The van der Waals surface area contributed by atoms with Crippen LogP contribution in [-0.2, 0) is 14.4 Å². The van der Waals surface area contributed by atoms with Crippen LogP contribution >= 0.6 is 0 Å². The van der Waals surface area contributed by atoms with E-state index in [-0.39, 0.29) is 35.6 Å². The number of alkyl halides is 2. The van der Waals surface area contributed by atoms with Crippen molar-refractivity contribution in [2.45, 2.75) is 31.2 Å². The minimum atomic E-state index is -3.15. The molecule has 13 heteroatoms. The molecule has 1 unspecified atom stereocenters. The normalized spacial score (nSPS) is 20.9. The summed E-state index contributed by atoms with van der Waals surface area (Å²) in [6, 6.07) is 6.77. The topological polar surface area (TPSA) is 139 Å². The quantitative estimate of drug-likeness (QED) is 0.526. The van der Waals surface area contributed by atoms with Crippen LogP contribution in [0.25, 0.3) is 10.9 Å². The van der Waals surface area contributed by atoms with E-state index in [0.29, 0.717) is 16.6 Å². The molecule has 2 aromatic rings. The summed E-state index contributed by atoms with van der Waals surface area (Å²) < 4.78 is 27.3. The van der Waals surface area contributed by atoms with Gasteiger partial charge in [0.1, 0.15) is 6.04 Å². The number of nitrogens with zero attached hydrogens (tertiary/aromatic N) is 5. The fourth-order valence-electron chi connectivity index (χ4n) is 5.85. The Morgan fingerprint density at radius 2 is 1.82 bits per heavy atom. The molecular weight excluding hydrogens is 524 g/mol. The Morgan fingerprint density at radius 3 is 2.52 bits per heavy atom. The molecule has 0 bridgehead atoms. The van der Waals surface area contributed by atoms with Gasteiger partial charge in [0.15, 0.2) is 0 Å². The highest BCUT2D eigenvalue weighted by molar-refractivity contribution is 6.10. The molecule has 3 fully saturated rings. The third-order valence-corrected chi connectivity index (χ3v) is 7.61. The Labute approximate surface area is 229 Å². The second-order valence-electron chi connectivity index (χ2n) is 10.9. The van der Waals surface area contributed by atoms with Crippen LogP contribution in [0.5, 0.6) is 0 Å². The maximum absolute atomic E-state index is 13.7. The molecule has 2 N–H and O–H groups in total. The van der Waals surface area contributed by atoms with E-state index in [2.05, 4.69) is 20.5 Å². The van der Waals surface area contributed by atoms with Crippen LogP contribution in [0, 0.1) is 16.7 Å². The fourth-order valence-corrected chi connectivity index (χ4v) is 5.85. The number of rotatable bonds is 7. The molecule has 11 nitrogen and oxygen atoms in total. The van der Waals surface area contributed by atoms with E-state index in [1.165, 1.54) is 12.3 Å². The Morgan fingerprint density at radius 1 is 1.07 bits per heavy atom. The predicted molar refractivity (Wildman–Crippen MR) is 139 cm³/mol. The highest BCUT2D eigenvalue weighted by Crippen LogP contribution is 2.39. The highest BCUT2D eigenvalue weighted by atomic mass is 19.3. The summed E-state index contributed by atoms with van der Waals surface area (Å²) in [5.41, 5.74) is 1.09. The second-order valence-corrected chi connectivity index (χ2v) is 10.9. The van der Waals surface area contributed by atoms with Crippen LogP contribution in [0.4, 0.5) is 14.5 Å². The van der Waals surface area contributed by atoms with Gasteiger partial charge in [0.25, 0.3) is 11.8 Å². The molecule has 5 rings (SSSR count). The van der Waals surface area contributed by atoms with Crippen molar-refractivity contribution in [2.24, 2.45) is 5.41 Å². The fraction of sp³-hybridized carbons (Fsp3) is 0.481.